The van der Waals surface area contributed by atoms with Gasteiger partial charge in [0.2, 0.25) is 0 Å². The molecule has 1 aromatic heterocycles. The van der Waals surface area contributed by atoms with Crippen LogP contribution in [0.3, 0.4) is 0 Å². The molecular weight excluding hydrogens is 434 g/mol. The van der Waals surface area contributed by atoms with Crippen LogP contribution < -0.4 is 10.6 Å². The Morgan fingerprint density at radius 2 is 2.04 bits per heavy atom. The van der Waals surface area contributed by atoms with E-state index in [9.17, 15) is 4.39 Å². The van der Waals surface area contributed by atoms with Crippen molar-refractivity contribution in [1.29, 1.82) is 0 Å². The normalized spacial score (nSPS) is 12.6. The van der Waals surface area contributed by atoms with Crippen LogP contribution in [0.2, 0.25) is 0 Å². The monoisotopic (exact) mass is 460 g/mol. The summed E-state index contributed by atoms with van der Waals surface area (Å²) >= 11 is 0. The van der Waals surface area contributed by atoms with Crippen LogP contribution in [0, 0.1) is 5.82 Å². The third-order valence-electron chi connectivity index (χ3n) is 3.79. The number of hydrogen-bond donors (Lipinski definition) is 2. The average Bonchev–Trinajstić information content (AvgIpc) is 3.06. The summed E-state index contributed by atoms with van der Waals surface area (Å²) in [5.41, 5.74) is 0.929. The van der Waals surface area contributed by atoms with Crippen molar-refractivity contribution in [3.63, 3.8) is 0 Å². The highest BCUT2D eigenvalue weighted by Gasteiger charge is 2.15. The summed E-state index contributed by atoms with van der Waals surface area (Å²) in [5.74, 6) is 1.42. The zero-order valence-electron chi connectivity index (χ0n) is 14.8. The predicted octanol–water partition coefficient (Wildman–Crippen LogP) is 3.05. The van der Waals surface area contributed by atoms with E-state index in [0.717, 1.165) is 24.3 Å². The molecule has 0 saturated carbocycles. The number of benzene rings is 1. The van der Waals surface area contributed by atoms with Gasteiger partial charge in [-0.25, -0.2) is 4.39 Å². The van der Waals surface area contributed by atoms with Gasteiger partial charge in [-0.15, -0.1) is 24.0 Å². The van der Waals surface area contributed by atoms with Crippen LogP contribution in [0.1, 0.15) is 17.4 Å². The van der Waals surface area contributed by atoms with Crippen molar-refractivity contribution < 1.29 is 8.81 Å². The Labute approximate surface area is 165 Å². The van der Waals surface area contributed by atoms with Crippen molar-refractivity contribution in [3.8, 4) is 0 Å². The largest absolute Gasteiger partial charge is 0.469 e. The van der Waals surface area contributed by atoms with Crippen LogP contribution in [-0.4, -0.2) is 45.1 Å². The van der Waals surface area contributed by atoms with Gasteiger partial charge < -0.3 is 20.0 Å². The molecule has 0 fully saturated rings. The first-order chi connectivity index (χ1) is 11.6. The molecule has 7 heteroatoms. The first-order valence-electron chi connectivity index (χ1n) is 7.99. The van der Waals surface area contributed by atoms with Crippen molar-refractivity contribution in [2.24, 2.45) is 4.99 Å². The maximum Gasteiger partial charge on any atom is 0.191 e. The van der Waals surface area contributed by atoms with E-state index in [1.165, 1.54) is 6.07 Å². The molecule has 0 saturated heterocycles. The van der Waals surface area contributed by atoms with Crippen molar-refractivity contribution in [2.45, 2.75) is 12.5 Å². The molecule has 0 aliphatic rings. The highest BCUT2D eigenvalue weighted by atomic mass is 127. The van der Waals surface area contributed by atoms with E-state index < -0.39 is 0 Å². The molecule has 1 heterocycles. The Morgan fingerprint density at radius 3 is 2.64 bits per heavy atom. The zero-order valence-corrected chi connectivity index (χ0v) is 17.2. The molecule has 0 aliphatic carbocycles. The second kappa shape index (κ2) is 11.1. The van der Waals surface area contributed by atoms with Crippen molar-refractivity contribution in [1.82, 2.24) is 15.5 Å². The van der Waals surface area contributed by atoms with Crippen LogP contribution in [-0.2, 0) is 6.42 Å². The molecule has 138 valence electrons. The van der Waals surface area contributed by atoms with Gasteiger partial charge in [0.05, 0.1) is 12.3 Å². The zero-order chi connectivity index (χ0) is 17.4. The van der Waals surface area contributed by atoms with Crippen LogP contribution >= 0.6 is 24.0 Å². The minimum Gasteiger partial charge on any atom is -0.469 e. The summed E-state index contributed by atoms with van der Waals surface area (Å²) in [6, 6.07) is 10.6. The summed E-state index contributed by atoms with van der Waals surface area (Å²) in [6.07, 6.45) is 2.46. The van der Waals surface area contributed by atoms with E-state index in [1.807, 2.05) is 32.3 Å². The van der Waals surface area contributed by atoms with Gasteiger partial charge >= 0.3 is 0 Å². The van der Waals surface area contributed by atoms with Crippen molar-refractivity contribution >= 4 is 29.9 Å². The first kappa shape index (κ1) is 21.4. The lowest BCUT2D eigenvalue weighted by Crippen LogP contribution is -2.42. The smallest absolute Gasteiger partial charge is 0.191 e. The third kappa shape index (κ3) is 7.03. The Kier molecular flexibility index (Phi) is 9.51. The van der Waals surface area contributed by atoms with Crippen molar-refractivity contribution in [3.05, 3.63) is 59.8 Å². The van der Waals surface area contributed by atoms with Gasteiger partial charge in [0.1, 0.15) is 11.6 Å². The average molecular weight is 460 g/mol. The fourth-order valence-electron chi connectivity index (χ4n) is 2.49. The van der Waals surface area contributed by atoms with Gasteiger partial charge in [0.15, 0.2) is 5.96 Å². The molecule has 1 unspecified atom stereocenters. The second-order valence-corrected chi connectivity index (χ2v) is 5.74. The van der Waals surface area contributed by atoms with E-state index in [2.05, 4.69) is 20.5 Å². The lowest BCUT2D eigenvalue weighted by molar-refractivity contribution is 0.297. The Bertz CT molecular complexity index is 646. The standard InChI is InChI=1S/C18H25FN4O.HI/c1-20-18(21-10-9-16-8-5-11-24-16)22-13-17(23(2)3)14-6-4-7-15(19)12-14;/h4-8,11-12,17H,9-10,13H2,1-3H3,(H2,20,21,22);1H. The molecule has 0 radical (unpaired) electrons. The Hall–Kier alpha value is -1.61. The number of nitrogens with one attached hydrogen (secondary N) is 2. The first-order valence-corrected chi connectivity index (χ1v) is 7.99. The predicted molar refractivity (Wildman–Crippen MR) is 110 cm³/mol. The lowest BCUT2D eigenvalue weighted by Gasteiger charge is -2.26. The molecule has 1 aromatic carbocycles. The van der Waals surface area contributed by atoms with Crippen LogP contribution in [0.4, 0.5) is 4.39 Å². The maximum absolute atomic E-state index is 13.5. The topological polar surface area (TPSA) is 52.8 Å². The number of likely N-dealkylation sites (N-methyl/N-ethyl adjacent to an activating group) is 1. The van der Waals surface area contributed by atoms with E-state index in [1.54, 1.807) is 25.4 Å². The summed E-state index contributed by atoms with van der Waals surface area (Å²) in [4.78, 5) is 6.27. The maximum atomic E-state index is 13.5. The molecule has 0 amide bonds. The van der Waals surface area contributed by atoms with Crippen molar-refractivity contribution in [2.75, 3.05) is 34.2 Å². The molecule has 2 rings (SSSR count). The van der Waals surface area contributed by atoms with Gasteiger partial charge in [-0.05, 0) is 43.9 Å². The highest BCUT2D eigenvalue weighted by molar-refractivity contribution is 14.0. The van der Waals surface area contributed by atoms with Crippen LogP contribution in [0.25, 0.3) is 0 Å². The number of furan rings is 1. The van der Waals surface area contributed by atoms with E-state index in [-0.39, 0.29) is 35.8 Å². The van der Waals surface area contributed by atoms with E-state index in [4.69, 9.17) is 4.42 Å². The second-order valence-electron chi connectivity index (χ2n) is 5.74. The summed E-state index contributed by atoms with van der Waals surface area (Å²) in [7, 11) is 5.68. The van der Waals surface area contributed by atoms with Crippen LogP contribution in [0.5, 0.6) is 0 Å². The molecule has 2 aromatic rings. The Morgan fingerprint density at radius 1 is 1.24 bits per heavy atom. The summed E-state index contributed by atoms with van der Waals surface area (Å²) in [5, 5.41) is 6.54. The molecule has 0 bridgehead atoms. The number of aliphatic imine (C=N–C) groups is 1. The number of rotatable bonds is 7. The molecule has 5 nitrogen and oxygen atoms in total. The third-order valence-corrected chi connectivity index (χ3v) is 3.79. The fourth-order valence-corrected chi connectivity index (χ4v) is 2.49. The highest BCUT2D eigenvalue weighted by Crippen LogP contribution is 2.18. The fraction of sp³-hybridized carbons (Fsp3) is 0.389. The number of hydrogen-bond acceptors (Lipinski definition) is 3. The van der Waals surface area contributed by atoms with Gasteiger partial charge in [-0.3, -0.25) is 4.99 Å². The lowest BCUT2D eigenvalue weighted by atomic mass is 10.1. The molecule has 2 N–H and O–H groups in total. The SMILES string of the molecule is CN=C(NCCc1ccco1)NCC(c1cccc(F)c1)N(C)C.I. The van der Waals surface area contributed by atoms with E-state index in [0.29, 0.717) is 12.5 Å². The molecule has 1 atom stereocenters. The van der Waals surface area contributed by atoms with Gasteiger partial charge in [0, 0.05) is 26.6 Å². The minimum absolute atomic E-state index is 0. The summed E-state index contributed by atoms with van der Waals surface area (Å²) in [6.45, 7) is 1.34. The molecule has 0 aliphatic heterocycles. The molecule has 0 spiro atoms. The molecular formula is C18H26FIN4O. The summed E-state index contributed by atoms with van der Waals surface area (Å²) < 4.78 is 18.8. The van der Waals surface area contributed by atoms with E-state index >= 15 is 0 Å². The number of guanidine groups is 1. The van der Waals surface area contributed by atoms with Gasteiger partial charge in [-0.2, -0.15) is 0 Å². The minimum atomic E-state index is -0.222. The number of nitrogens with zero attached hydrogens (tertiary/aromatic N) is 2. The van der Waals surface area contributed by atoms with Gasteiger partial charge in [0.25, 0.3) is 0 Å². The number of halogens is 2. The molecule has 25 heavy (non-hydrogen) atoms. The quantitative estimate of drug-likeness (QED) is 0.379. The Balaban J connectivity index is 0.00000312. The van der Waals surface area contributed by atoms with Gasteiger partial charge in [-0.1, -0.05) is 12.1 Å². The van der Waals surface area contributed by atoms with Crippen LogP contribution in [0.15, 0.2) is 52.1 Å².